The van der Waals surface area contributed by atoms with Crippen molar-refractivity contribution in [3.05, 3.63) is 48.6 Å². The van der Waals surface area contributed by atoms with Crippen LogP contribution in [0.1, 0.15) is 271 Å². The summed E-state index contributed by atoms with van der Waals surface area (Å²) >= 11 is 0. The van der Waals surface area contributed by atoms with Gasteiger partial charge in [-0.05, 0) is 70.6 Å². The van der Waals surface area contributed by atoms with Gasteiger partial charge in [0, 0.05) is 6.42 Å². The number of ether oxygens (including phenoxy) is 2. The monoisotopic (exact) mass is 974 g/mol. The third kappa shape index (κ3) is 39.4. The van der Waals surface area contributed by atoms with Crippen molar-refractivity contribution in [3.8, 4) is 0 Å². The molecule has 1 heterocycles. The average Bonchev–Trinajstić information content (AvgIpc) is 3.35. The van der Waals surface area contributed by atoms with Crippen molar-refractivity contribution in [2.45, 2.75) is 314 Å². The second-order valence-electron chi connectivity index (χ2n) is 20.4. The van der Waals surface area contributed by atoms with E-state index in [2.05, 4.69) is 55.6 Å². The standard InChI is InChI=1S/C60H111NO8/c1-3-5-7-9-11-13-15-17-19-21-23-25-27-29-31-33-35-37-39-41-43-45-47-49-54(63)53(52-68-60-59(67)58(66)57(65)55(51-62)69-60)61-56(64)50-48-46-44-42-40-38-36-34-32-30-28-26-24-22-20-18-16-14-12-10-8-6-4-2/h30-33,39,41,47,49,53-55,57-60,62-63,65-67H,3-29,34-38,40,42-46,48,50-52H2,1-2H3,(H,61,64)/b32-30-,33-31+,41-39+,49-47+. The summed E-state index contributed by atoms with van der Waals surface area (Å²) in [6.07, 6.45) is 58.9. The molecule has 7 atom stereocenters. The number of aliphatic hydroxyl groups excluding tert-OH is 5. The van der Waals surface area contributed by atoms with Crippen LogP contribution in [0.15, 0.2) is 48.6 Å². The first-order chi connectivity index (χ1) is 33.8. The van der Waals surface area contributed by atoms with E-state index in [0.29, 0.717) is 6.42 Å². The highest BCUT2D eigenvalue weighted by molar-refractivity contribution is 5.76. The summed E-state index contributed by atoms with van der Waals surface area (Å²) in [4.78, 5) is 13.1. The van der Waals surface area contributed by atoms with Crippen LogP contribution in [-0.4, -0.2) is 87.5 Å². The number of nitrogens with one attached hydrogen (secondary N) is 1. The summed E-state index contributed by atoms with van der Waals surface area (Å²) in [5.74, 6) is -0.193. The molecule has 9 nitrogen and oxygen atoms in total. The second kappa shape index (κ2) is 49.7. The van der Waals surface area contributed by atoms with Gasteiger partial charge < -0.3 is 40.3 Å². The number of amides is 1. The molecule has 1 amide bonds. The first-order valence-corrected chi connectivity index (χ1v) is 29.4. The summed E-state index contributed by atoms with van der Waals surface area (Å²) in [5.41, 5.74) is 0. The van der Waals surface area contributed by atoms with E-state index < -0.39 is 49.5 Å². The van der Waals surface area contributed by atoms with Crippen molar-refractivity contribution < 1.29 is 39.8 Å². The van der Waals surface area contributed by atoms with E-state index >= 15 is 0 Å². The highest BCUT2D eigenvalue weighted by atomic mass is 16.7. The fourth-order valence-corrected chi connectivity index (χ4v) is 9.18. The molecule has 0 bridgehead atoms. The zero-order valence-electron chi connectivity index (χ0n) is 44.8. The normalized spacial score (nSPS) is 19.8. The second-order valence-corrected chi connectivity index (χ2v) is 20.4. The fourth-order valence-electron chi connectivity index (χ4n) is 9.18. The number of hydrogen-bond acceptors (Lipinski definition) is 8. The lowest BCUT2D eigenvalue weighted by atomic mass is 9.99. The molecule has 69 heavy (non-hydrogen) atoms. The Hall–Kier alpha value is -1.85. The molecule has 0 aromatic rings. The van der Waals surface area contributed by atoms with E-state index in [0.717, 1.165) is 57.8 Å². The van der Waals surface area contributed by atoms with Crippen LogP contribution in [0.4, 0.5) is 0 Å². The minimum atomic E-state index is -1.58. The number of rotatable bonds is 50. The van der Waals surface area contributed by atoms with Gasteiger partial charge >= 0.3 is 0 Å². The zero-order valence-corrected chi connectivity index (χ0v) is 44.8. The molecule has 0 spiro atoms. The van der Waals surface area contributed by atoms with E-state index in [9.17, 15) is 30.3 Å². The molecule has 0 saturated carbocycles. The van der Waals surface area contributed by atoms with Gasteiger partial charge in [-0.25, -0.2) is 0 Å². The lowest BCUT2D eigenvalue weighted by molar-refractivity contribution is -0.302. The molecule has 7 unspecified atom stereocenters. The van der Waals surface area contributed by atoms with Crippen LogP contribution in [-0.2, 0) is 14.3 Å². The number of carbonyl (C=O) groups excluding carboxylic acids is 1. The Morgan fingerprint density at radius 3 is 1.22 bits per heavy atom. The molecular formula is C60H111NO8. The molecule has 0 aliphatic carbocycles. The lowest BCUT2D eigenvalue weighted by Crippen LogP contribution is -2.60. The Morgan fingerprint density at radius 2 is 0.826 bits per heavy atom. The molecule has 404 valence electrons. The van der Waals surface area contributed by atoms with Crippen molar-refractivity contribution >= 4 is 5.91 Å². The van der Waals surface area contributed by atoms with E-state index in [1.807, 2.05) is 6.08 Å². The Morgan fingerprint density at radius 1 is 0.478 bits per heavy atom. The van der Waals surface area contributed by atoms with Crippen molar-refractivity contribution in [2.75, 3.05) is 13.2 Å². The van der Waals surface area contributed by atoms with Gasteiger partial charge in [-0.3, -0.25) is 4.79 Å². The molecular weight excluding hydrogens is 863 g/mol. The number of aliphatic hydroxyl groups is 5. The number of allylic oxidation sites excluding steroid dienone is 7. The Labute approximate surface area is 424 Å². The van der Waals surface area contributed by atoms with Gasteiger partial charge in [-0.1, -0.05) is 242 Å². The summed E-state index contributed by atoms with van der Waals surface area (Å²) in [6, 6.07) is -0.832. The first kappa shape index (κ1) is 65.2. The molecule has 1 aliphatic rings. The SMILES string of the molecule is CCCCCCCCCCCCCC/C=C\CCCCCCCCCC(=O)NC(COC1OC(CO)C(O)C(O)C1O)C(O)/C=C/CC/C=C/CC/C=C/CCCCCCCCCCCCCCC. The smallest absolute Gasteiger partial charge is 0.220 e. The van der Waals surface area contributed by atoms with Crippen LogP contribution < -0.4 is 5.32 Å². The minimum absolute atomic E-state index is 0.193. The number of hydrogen-bond donors (Lipinski definition) is 6. The fraction of sp³-hybridized carbons (Fsp3) is 0.850. The quantitative estimate of drug-likeness (QED) is 0.0261. The van der Waals surface area contributed by atoms with Crippen LogP contribution in [0, 0.1) is 0 Å². The molecule has 0 aromatic heterocycles. The van der Waals surface area contributed by atoms with Crippen molar-refractivity contribution in [1.82, 2.24) is 5.32 Å². The maximum atomic E-state index is 13.1. The van der Waals surface area contributed by atoms with E-state index in [1.54, 1.807) is 6.08 Å². The number of unbranched alkanes of at least 4 members (excludes halogenated alkanes) is 34. The summed E-state index contributed by atoms with van der Waals surface area (Å²) < 4.78 is 11.3. The molecule has 1 saturated heterocycles. The Bertz CT molecular complexity index is 1220. The predicted molar refractivity (Wildman–Crippen MR) is 290 cm³/mol. The molecule has 6 N–H and O–H groups in total. The molecule has 1 fully saturated rings. The van der Waals surface area contributed by atoms with Crippen molar-refractivity contribution in [1.29, 1.82) is 0 Å². The summed E-state index contributed by atoms with van der Waals surface area (Å²) in [6.45, 7) is 3.78. The topological polar surface area (TPSA) is 149 Å². The number of carbonyl (C=O) groups is 1. The van der Waals surface area contributed by atoms with Crippen LogP contribution >= 0.6 is 0 Å². The molecule has 9 heteroatoms. The van der Waals surface area contributed by atoms with Gasteiger partial charge in [0.25, 0.3) is 0 Å². The molecule has 0 aromatic carbocycles. The van der Waals surface area contributed by atoms with Gasteiger partial charge in [-0.15, -0.1) is 0 Å². The van der Waals surface area contributed by atoms with Gasteiger partial charge in [0.15, 0.2) is 6.29 Å². The third-order valence-corrected chi connectivity index (χ3v) is 13.9. The van der Waals surface area contributed by atoms with E-state index in [-0.39, 0.29) is 12.5 Å². The highest BCUT2D eigenvalue weighted by Gasteiger charge is 2.44. The Kier molecular flexibility index (Phi) is 47.0. The molecule has 1 aliphatic heterocycles. The van der Waals surface area contributed by atoms with Crippen LogP contribution in [0.25, 0.3) is 0 Å². The minimum Gasteiger partial charge on any atom is -0.394 e. The first-order valence-electron chi connectivity index (χ1n) is 29.4. The van der Waals surface area contributed by atoms with Gasteiger partial charge in [0.2, 0.25) is 5.91 Å². The Balaban J connectivity index is 2.27. The van der Waals surface area contributed by atoms with Gasteiger partial charge in [0.05, 0.1) is 25.4 Å². The highest BCUT2D eigenvalue weighted by Crippen LogP contribution is 2.23. The average molecular weight is 975 g/mol. The third-order valence-electron chi connectivity index (χ3n) is 13.9. The molecule has 0 radical (unpaired) electrons. The van der Waals surface area contributed by atoms with Gasteiger partial charge in [-0.2, -0.15) is 0 Å². The largest absolute Gasteiger partial charge is 0.394 e. The maximum Gasteiger partial charge on any atom is 0.220 e. The summed E-state index contributed by atoms with van der Waals surface area (Å²) in [7, 11) is 0. The van der Waals surface area contributed by atoms with Crippen LogP contribution in [0.3, 0.4) is 0 Å². The zero-order chi connectivity index (χ0) is 50.1. The molecule has 1 rings (SSSR count). The van der Waals surface area contributed by atoms with Crippen LogP contribution in [0.5, 0.6) is 0 Å². The van der Waals surface area contributed by atoms with Crippen LogP contribution in [0.2, 0.25) is 0 Å². The summed E-state index contributed by atoms with van der Waals surface area (Å²) in [5, 5.41) is 54.5. The maximum absolute atomic E-state index is 13.1. The van der Waals surface area contributed by atoms with E-state index in [1.165, 1.54) is 193 Å². The van der Waals surface area contributed by atoms with Crippen molar-refractivity contribution in [3.63, 3.8) is 0 Å². The predicted octanol–water partition coefficient (Wildman–Crippen LogP) is 14.5. The van der Waals surface area contributed by atoms with Crippen molar-refractivity contribution in [2.24, 2.45) is 0 Å². The van der Waals surface area contributed by atoms with Gasteiger partial charge in [0.1, 0.15) is 24.4 Å². The van der Waals surface area contributed by atoms with E-state index in [4.69, 9.17) is 9.47 Å². The lowest BCUT2D eigenvalue weighted by Gasteiger charge is -2.40.